The molecular weight excluding hydrogens is 856 g/mol. The predicted molar refractivity (Wildman–Crippen MR) is 270 cm³/mol. The molecule has 0 aromatic carbocycles. The van der Waals surface area contributed by atoms with Crippen molar-refractivity contribution < 1.29 is 52.2 Å². The van der Waals surface area contributed by atoms with Gasteiger partial charge >= 0.3 is 25.7 Å². The summed E-state index contributed by atoms with van der Waals surface area (Å²) in [5.74, 6) is -1.55. The van der Waals surface area contributed by atoms with E-state index in [0.29, 0.717) is 25.7 Å². The van der Waals surface area contributed by atoms with Gasteiger partial charge in [0.15, 0.2) is 6.10 Å². The number of phosphoric ester groups is 1. The number of allylic oxidation sites excluding steroid dienone is 12. The number of aliphatic hydroxyl groups is 1. The van der Waals surface area contributed by atoms with E-state index in [1.54, 1.807) is 0 Å². The van der Waals surface area contributed by atoms with E-state index in [-0.39, 0.29) is 25.9 Å². The Labute approximate surface area is 401 Å². The molecule has 11 nitrogen and oxygen atoms in total. The van der Waals surface area contributed by atoms with E-state index in [9.17, 15) is 28.9 Å². The standard InChI is InChI=1S/C54H93O11P/c1-4-7-10-13-16-19-21-23-24-25-26-28-29-32-34-37-40-43-52(56)61-47-51(65-54(58)45-42-39-36-33-30-27-22-20-17-14-11-8-5-2)49-63-66(59,60)62-48-50(46-55)64-53(57)44-41-38-35-31-18-15-12-9-6-3/h7,10,16,19-20,22-24,26,28,32,34,50-51,55H,4-6,8-9,11-15,17-18,21,25,27,29-31,33,35-49H2,1-3H3,(H,59,60)/b10-7-,19-16-,22-20-,24-23-,28-26-,34-32-. The van der Waals surface area contributed by atoms with Gasteiger partial charge in [0, 0.05) is 19.3 Å². The SMILES string of the molecule is CC/C=C\C/C=C\C/C=C\C/C=C\C/C=C\CCCC(=O)OCC(COP(=O)(O)OCC(CO)OC(=O)CCCCCCCCCCC)OC(=O)CCCCCCC/C=C\CCCCCC. The van der Waals surface area contributed by atoms with Crippen LogP contribution in [-0.4, -0.2) is 66.5 Å². The van der Waals surface area contributed by atoms with Gasteiger partial charge in [0.2, 0.25) is 0 Å². The zero-order valence-electron chi connectivity index (χ0n) is 41.6. The molecule has 0 aliphatic heterocycles. The zero-order chi connectivity index (χ0) is 48.4. The van der Waals surface area contributed by atoms with Crippen molar-refractivity contribution in [1.82, 2.24) is 0 Å². The average molecular weight is 949 g/mol. The number of unbranched alkanes of at least 4 members (excludes halogenated alkanes) is 18. The van der Waals surface area contributed by atoms with Gasteiger partial charge in [-0.3, -0.25) is 23.4 Å². The molecule has 380 valence electrons. The predicted octanol–water partition coefficient (Wildman–Crippen LogP) is 14.6. The van der Waals surface area contributed by atoms with Crippen LogP contribution >= 0.6 is 7.82 Å². The molecule has 0 aromatic rings. The molecule has 0 aromatic heterocycles. The third-order valence-electron chi connectivity index (χ3n) is 10.6. The van der Waals surface area contributed by atoms with Crippen molar-refractivity contribution in [3.8, 4) is 0 Å². The van der Waals surface area contributed by atoms with Gasteiger partial charge in [0.1, 0.15) is 12.7 Å². The minimum Gasteiger partial charge on any atom is -0.462 e. The fourth-order valence-electron chi connectivity index (χ4n) is 6.68. The van der Waals surface area contributed by atoms with Crippen LogP contribution in [0.2, 0.25) is 0 Å². The first kappa shape index (κ1) is 62.9. The van der Waals surface area contributed by atoms with Crippen LogP contribution in [0.3, 0.4) is 0 Å². The molecule has 0 fully saturated rings. The lowest BCUT2D eigenvalue weighted by Crippen LogP contribution is -2.30. The Kier molecular flexibility index (Phi) is 46.1. The summed E-state index contributed by atoms with van der Waals surface area (Å²) in [5, 5.41) is 9.74. The number of phosphoric acid groups is 1. The van der Waals surface area contributed by atoms with E-state index in [2.05, 4.69) is 87.6 Å². The molecule has 0 aliphatic rings. The maximum Gasteiger partial charge on any atom is 0.472 e. The van der Waals surface area contributed by atoms with E-state index in [1.165, 1.54) is 57.8 Å². The highest BCUT2D eigenvalue weighted by molar-refractivity contribution is 7.47. The lowest BCUT2D eigenvalue weighted by Gasteiger charge is -2.21. The van der Waals surface area contributed by atoms with Gasteiger partial charge in [-0.1, -0.05) is 184 Å². The smallest absolute Gasteiger partial charge is 0.462 e. The topological polar surface area (TPSA) is 155 Å². The molecule has 66 heavy (non-hydrogen) atoms. The molecular formula is C54H93O11P. The molecule has 0 bridgehead atoms. The molecule has 2 N–H and O–H groups in total. The molecule has 3 atom stereocenters. The Morgan fingerprint density at radius 3 is 1.29 bits per heavy atom. The van der Waals surface area contributed by atoms with E-state index in [1.807, 2.05) is 6.08 Å². The quantitative estimate of drug-likeness (QED) is 0.0197. The number of carbonyl (C=O) groups excluding carboxylic acids is 3. The highest BCUT2D eigenvalue weighted by atomic mass is 31.2. The zero-order valence-corrected chi connectivity index (χ0v) is 42.5. The molecule has 0 spiro atoms. The Morgan fingerprint density at radius 2 is 0.803 bits per heavy atom. The number of esters is 3. The third kappa shape index (κ3) is 46.0. The van der Waals surface area contributed by atoms with Gasteiger partial charge < -0.3 is 24.2 Å². The van der Waals surface area contributed by atoms with Crippen molar-refractivity contribution in [2.75, 3.05) is 26.4 Å². The van der Waals surface area contributed by atoms with Crippen LogP contribution in [0.4, 0.5) is 0 Å². The maximum absolute atomic E-state index is 12.8. The van der Waals surface area contributed by atoms with Gasteiger partial charge in [-0.25, -0.2) is 4.57 Å². The van der Waals surface area contributed by atoms with Crippen LogP contribution < -0.4 is 0 Å². The summed E-state index contributed by atoms with van der Waals surface area (Å²) in [4.78, 5) is 48.2. The molecule has 0 heterocycles. The van der Waals surface area contributed by atoms with Gasteiger partial charge in [-0.2, -0.15) is 0 Å². The number of aliphatic hydroxyl groups excluding tert-OH is 1. The summed E-state index contributed by atoms with van der Waals surface area (Å²) >= 11 is 0. The number of rotatable bonds is 47. The van der Waals surface area contributed by atoms with Crippen molar-refractivity contribution in [3.63, 3.8) is 0 Å². The van der Waals surface area contributed by atoms with Crippen molar-refractivity contribution in [2.45, 2.75) is 226 Å². The molecule has 0 saturated carbocycles. The van der Waals surface area contributed by atoms with Crippen molar-refractivity contribution in [2.24, 2.45) is 0 Å². The second-order valence-electron chi connectivity index (χ2n) is 17.0. The van der Waals surface area contributed by atoms with Crippen LogP contribution in [0.1, 0.15) is 213 Å². The average Bonchev–Trinajstić information content (AvgIpc) is 3.30. The highest BCUT2D eigenvalue weighted by Crippen LogP contribution is 2.43. The first-order valence-corrected chi connectivity index (χ1v) is 27.3. The fraction of sp³-hybridized carbons (Fsp3) is 0.722. The molecule has 12 heteroatoms. The number of hydrogen-bond donors (Lipinski definition) is 2. The molecule has 0 saturated heterocycles. The van der Waals surface area contributed by atoms with E-state index in [4.69, 9.17) is 23.3 Å². The van der Waals surface area contributed by atoms with Crippen LogP contribution in [0.15, 0.2) is 72.9 Å². The van der Waals surface area contributed by atoms with Crippen LogP contribution in [0.5, 0.6) is 0 Å². The third-order valence-corrected chi connectivity index (χ3v) is 11.6. The molecule has 0 radical (unpaired) electrons. The van der Waals surface area contributed by atoms with Gasteiger partial charge in [-0.15, -0.1) is 0 Å². The summed E-state index contributed by atoms with van der Waals surface area (Å²) in [6.07, 6.45) is 51.7. The Morgan fingerprint density at radius 1 is 0.439 bits per heavy atom. The molecule has 3 unspecified atom stereocenters. The largest absolute Gasteiger partial charge is 0.472 e. The highest BCUT2D eigenvalue weighted by Gasteiger charge is 2.28. The molecule has 0 amide bonds. The van der Waals surface area contributed by atoms with Crippen molar-refractivity contribution >= 4 is 25.7 Å². The summed E-state index contributed by atoms with van der Waals surface area (Å²) in [6.45, 7) is 4.40. The summed E-state index contributed by atoms with van der Waals surface area (Å²) in [6, 6.07) is 0. The Balaban J connectivity index is 4.84. The number of carbonyl (C=O) groups is 3. The molecule has 0 rings (SSSR count). The first-order chi connectivity index (χ1) is 32.2. The van der Waals surface area contributed by atoms with Gasteiger partial charge in [-0.05, 0) is 83.5 Å². The molecule has 0 aliphatic carbocycles. The summed E-state index contributed by atoms with van der Waals surface area (Å²) in [7, 11) is -4.75. The van der Waals surface area contributed by atoms with Crippen LogP contribution in [0.25, 0.3) is 0 Å². The van der Waals surface area contributed by atoms with Crippen molar-refractivity contribution in [3.05, 3.63) is 72.9 Å². The Bertz CT molecular complexity index is 1390. The minimum absolute atomic E-state index is 0.144. The maximum atomic E-state index is 12.8. The van der Waals surface area contributed by atoms with Gasteiger partial charge in [0.05, 0.1) is 19.8 Å². The monoisotopic (exact) mass is 949 g/mol. The summed E-state index contributed by atoms with van der Waals surface area (Å²) < 4.78 is 39.2. The Hall–Kier alpha value is -3.08. The minimum atomic E-state index is -4.75. The van der Waals surface area contributed by atoms with Gasteiger partial charge in [0.25, 0.3) is 0 Å². The number of hydrogen-bond acceptors (Lipinski definition) is 10. The fourth-order valence-corrected chi connectivity index (χ4v) is 7.46. The summed E-state index contributed by atoms with van der Waals surface area (Å²) in [5.41, 5.74) is 0. The lowest BCUT2D eigenvalue weighted by atomic mass is 10.1. The lowest BCUT2D eigenvalue weighted by molar-refractivity contribution is -0.161. The van der Waals surface area contributed by atoms with E-state index < -0.39 is 57.8 Å². The van der Waals surface area contributed by atoms with E-state index >= 15 is 0 Å². The van der Waals surface area contributed by atoms with Crippen molar-refractivity contribution in [1.29, 1.82) is 0 Å². The van der Waals surface area contributed by atoms with Crippen LogP contribution in [0, 0.1) is 0 Å². The second-order valence-corrected chi connectivity index (χ2v) is 18.4. The normalized spacial score (nSPS) is 14.1. The second kappa shape index (κ2) is 48.4. The first-order valence-electron chi connectivity index (χ1n) is 25.8. The number of ether oxygens (including phenoxy) is 3. The van der Waals surface area contributed by atoms with E-state index in [0.717, 1.165) is 89.9 Å². The van der Waals surface area contributed by atoms with Crippen LogP contribution in [-0.2, 0) is 42.2 Å².